The Balaban J connectivity index is 1.87. The Bertz CT molecular complexity index is 849. The Kier molecular flexibility index (Phi) is 5.75. The van der Waals surface area contributed by atoms with Gasteiger partial charge >= 0.3 is 6.09 Å². The summed E-state index contributed by atoms with van der Waals surface area (Å²) in [6, 6.07) is 16.2. The molecule has 0 N–H and O–H groups in total. The molecule has 3 nitrogen and oxygen atoms in total. The summed E-state index contributed by atoms with van der Waals surface area (Å²) in [4.78, 5) is 14.9. The van der Waals surface area contributed by atoms with Crippen molar-refractivity contribution >= 4 is 22.0 Å². The molecule has 3 rings (SSSR count). The topological polar surface area (TPSA) is 29.5 Å². The number of ether oxygens (including phenoxy) is 1. The molecule has 0 bridgehead atoms. The van der Waals surface area contributed by atoms with Crippen molar-refractivity contribution in [2.45, 2.75) is 45.3 Å². The van der Waals surface area contributed by atoms with Crippen molar-refractivity contribution in [3.05, 3.63) is 81.8 Å². The van der Waals surface area contributed by atoms with Crippen molar-refractivity contribution in [2.24, 2.45) is 0 Å². The Hall–Kier alpha value is -2.07. The number of cyclic esters (lactones) is 1. The monoisotopic (exact) mass is 427 g/mol. The molecular weight excluding hydrogens is 402 g/mol. The zero-order valence-corrected chi connectivity index (χ0v) is 17.8. The highest BCUT2D eigenvalue weighted by molar-refractivity contribution is 9.10. The summed E-state index contributed by atoms with van der Waals surface area (Å²) in [5, 5.41) is 0. The van der Waals surface area contributed by atoms with Crippen molar-refractivity contribution in [2.75, 3.05) is 6.54 Å². The first-order valence-corrected chi connectivity index (χ1v) is 10.1. The number of amides is 1. The van der Waals surface area contributed by atoms with Crippen LogP contribution in [0.3, 0.4) is 0 Å². The van der Waals surface area contributed by atoms with Gasteiger partial charge in [-0.15, -0.1) is 0 Å². The van der Waals surface area contributed by atoms with Crippen molar-refractivity contribution < 1.29 is 9.53 Å². The molecule has 142 valence electrons. The van der Waals surface area contributed by atoms with Gasteiger partial charge < -0.3 is 9.64 Å². The van der Waals surface area contributed by atoms with E-state index in [0.29, 0.717) is 13.0 Å². The third kappa shape index (κ3) is 4.11. The Morgan fingerprint density at radius 2 is 2.00 bits per heavy atom. The van der Waals surface area contributed by atoms with E-state index in [0.717, 1.165) is 33.2 Å². The van der Waals surface area contributed by atoms with Crippen molar-refractivity contribution in [3.63, 3.8) is 0 Å². The Morgan fingerprint density at radius 3 is 2.59 bits per heavy atom. The SMILES string of the molecule is C=C(C)CC1(c2ccccc2)CCN([C@@H](C)c2ccc(Br)cc2C)C(=O)O1. The largest absolute Gasteiger partial charge is 0.437 e. The average Bonchev–Trinajstić information content (AvgIpc) is 2.61. The first kappa shape index (κ1) is 19.7. The predicted molar refractivity (Wildman–Crippen MR) is 113 cm³/mol. The number of rotatable bonds is 5. The van der Waals surface area contributed by atoms with Crippen molar-refractivity contribution in [3.8, 4) is 0 Å². The molecule has 1 heterocycles. The summed E-state index contributed by atoms with van der Waals surface area (Å²) >= 11 is 3.50. The lowest BCUT2D eigenvalue weighted by Gasteiger charge is -2.44. The molecule has 1 aliphatic heterocycles. The summed E-state index contributed by atoms with van der Waals surface area (Å²) in [7, 11) is 0. The van der Waals surface area contributed by atoms with Gasteiger partial charge in [0.25, 0.3) is 0 Å². The van der Waals surface area contributed by atoms with Crippen LogP contribution in [-0.2, 0) is 10.3 Å². The smallest absolute Gasteiger partial charge is 0.411 e. The number of hydrogen-bond acceptors (Lipinski definition) is 2. The molecule has 0 spiro atoms. The van der Waals surface area contributed by atoms with Crippen molar-refractivity contribution in [1.82, 2.24) is 4.90 Å². The third-order valence-electron chi connectivity index (χ3n) is 5.31. The molecule has 2 aromatic carbocycles. The molecule has 0 aliphatic carbocycles. The molecule has 0 saturated carbocycles. The summed E-state index contributed by atoms with van der Waals surface area (Å²) in [5.41, 5.74) is 3.72. The van der Waals surface area contributed by atoms with Gasteiger partial charge in [0.15, 0.2) is 0 Å². The van der Waals surface area contributed by atoms with Crippen LogP contribution in [-0.4, -0.2) is 17.5 Å². The van der Waals surface area contributed by atoms with Gasteiger partial charge in [-0.05, 0) is 49.6 Å². The second-order valence-electron chi connectivity index (χ2n) is 7.48. The maximum absolute atomic E-state index is 13.0. The summed E-state index contributed by atoms with van der Waals surface area (Å²) in [6.45, 7) is 10.8. The molecular formula is C23H26BrNO2. The second kappa shape index (κ2) is 7.89. The number of carbonyl (C=O) groups is 1. The first-order chi connectivity index (χ1) is 12.8. The second-order valence-corrected chi connectivity index (χ2v) is 8.40. The number of aryl methyl sites for hydroxylation is 1. The Labute approximate surface area is 170 Å². The van der Waals surface area contributed by atoms with Gasteiger partial charge in [-0.2, -0.15) is 0 Å². The molecule has 0 aromatic heterocycles. The van der Waals surface area contributed by atoms with E-state index in [4.69, 9.17) is 4.74 Å². The lowest BCUT2D eigenvalue weighted by molar-refractivity contribution is -0.0603. The van der Waals surface area contributed by atoms with Crippen LogP contribution in [0.2, 0.25) is 0 Å². The number of halogens is 1. The minimum absolute atomic E-state index is 0.0378. The van der Waals surface area contributed by atoms with E-state index in [1.54, 1.807) is 0 Å². The molecule has 1 aliphatic rings. The summed E-state index contributed by atoms with van der Waals surface area (Å²) < 4.78 is 7.15. The van der Waals surface area contributed by atoms with Crippen LogP contribution in [0, 0.1) is 6.92 Å². The molecule has 1 fully saturated rings. The van der Waals surface area contributed by atoms with Gasteiger partial charge in [-0.1, -0.05) is 64.5 Å². The van der Waals surface area contributed by atoms with Crippen LogP contribution < -0.4 is 0 Å². The minimum atomic E-state index is -0.630. The number of carbonyl (C=O) groups excluding carboxylic acids is 1. The van der Waals surface area contributed by atoms with Crippen LogP contribution >= 0.6 is 15.9 Å². The van der Waals surface area contributed by atoms with Crippen LogP contribution in [0.15, 0.2) is 65.2 Å². The molecule has 1 unspecified atom stereocenters. The number of nitrogens with zero attached hydrogens (tertiary/aromatic N) is 1. The first-order valence-electron chi connectivity index (χ1n) is 9.28. The number of benzene rings is 2. The van der Waals surface area contributed by atoms with E-state index in [1.165, 1.54) is 0 Å². The van der Waals surface area contributed by atoms with Gasteiger partial charge in [0.1, 0.15) is 5.60 Å². The van der Waals surface area contributed by atoms with Crippen molar-refractivity contribution in [1.29, 1.82) is 0 Å². The standard InChI is InChI=1S/C23H26BrNO2/c1-16(2)15-23(19-8-6-5-7-9-19)12-13-25(22(26)27-23)18(4)21-11-10-20(24)14-17(21)3/h5-11,14,18H,1,12-13,15H2,2-4H3/t18-,23?/m0/s1. The van der Waals surface area contributed by atoms with E-state index in [9.17, 15) is 4.79 Å². The maximum Gasteiger partial charge on any atom is 0.411 e. The van der Waals surface area contributed by atoms with Crippen LogP contribution in [0.25, 0.3) is 0 Å². The fourth-order valence-corrected chi connectivity index (χ4v) is 4.43. The summed E-state index contributed by atoms with van der Waals surface area (Å²) in [6.07, 6.45) is 1.12. The predicted octanol–water partition coefficient (Wildman–Crippen LogP) is 6.52. The van der Waals surface area contributed by atoms with E-state index in [2.05, 4.69) is 48.5 Å². The molecule has 1 saturated heterocycles. The van der Waals surface area contributed by atoms with Crippen LogP contribution in [0.4, 0.5) is 4.79 Å². The molecule has 1 amide bonds. The van der Waals surface area contributed by atoms with Gasteiger partial charge in [0, 0.05) is 23.9 Å². The van der Waals surface area contributed by atoms with Crippen LogP contribution in [0.1, 0.15) is 49.4 Å². The van der Waals surface area contributed by atoms with Gasteiger partial charge in [0.05, 0.1) is 6.04 Å². The fourth-order valence-electron chi connectivity index (χ4n) is 3.96. The summed E-state index contributed by atoms with van der Waals surface area (Å²) in [5.74, 6) is 0. The number of hydrogen-bond donors (Lipinski definition) is 0. The lowest BCUT2D eigenvalue weighted by Crippen LogP contribution is -2.48. The molecule has 2 aromatic rings. The molecule has 0 radical (unpaired) electrons. The minimum Gasteiger partial charge on any atom is -0.437 e. The normalized spacial score (nSPS) is 20.9. The molecule has 4 heteroatoms. The zero-order valence-electron chi connectivity index (χ0n) is 16.2. The highest BCUT2D eigenvalue weighted by atomic mass is 79.9. The molecule has 2 atom stereocenters. The van der Waals surface area contributed by atoms with Gasteiger partial charge in [-0.3, -0.25) is 0 Å². The Morgan fingerprint density at radius 1 is 1.30 bits per heavy atom. The van der Waals surface area contributed by atoms with E-state index < -0.39 is 5.60 Å². The zero-order chi connectivity index (χ0) is 19.6. The lowest BCUT2D eigenvalue weighted by atomic mass is 9.83. The highest BCUT2D eigenvalue weighted by Crippen LogP contribution is 2.41. The average molecular weight is 428 g/mol. The van der Waals surface area contributed by atoms with Crippen LogP contribution in [0.5, 0.6) is 0 Å². The van der Waals surface area contributed by atoms with Gasteiger partial charge in [0.2, 0.25) is 0 Å². The third-order valence-corrected chi connectivity index (χ3v) is 5.80. The quantitative estimate of drug-likeness (QED) is 0.508. The fraction of sp³-hybridized carbons (Fsp3) is 0.348. The highest BCUT2D eigenvalue weighted by Gasteiger charge is 2.43. The van der Waals surface area contributed by atoms with E-state index >= 15 is 0 Å². The van der Waals surface area contributed by atoms with E-state index in [-0.39, 0.29) is 12.1 Å². The maximum atomic E-state index is 13.0. The van der Waals surface area contributed by atoms with Gasteiger partial charge in [-0.25, -0.2) is 4.79 Å². The molecule has 27 heavy (non-hydrogen) atoms. The van der Waals surface area contributed by atoms with E-state index in [1.807, 2.05) is 48.2 Å².